The van der Waals surface area contributed by atoms with Crippen LogP contribution in [0.15, 0.2) is 72.8 Å². The van der Waals surface area contributed by atoms with Crippen molar-refractivity contribution in [3.8, 4) is 22.7 Å². The van der Waals surface area contributed by atoms with Crippen LogP contribution >= 0.6 is 23.2 Å². The summed E-state index contributed by atoms with van der Waals surface area (Å²) in [5, 5.41) is 8.38. The Morgan fingerprint density at radius 2 is 1.74 bits per heavy atom. The molecule has 1 aromatic heterocycles. The van der Waals surface area contributed by atoms with Crippen LogP contribution in [0.25, 0.3) is 16.9 Å². The number of halogens is 4. The molecule has 1 heterocycles. The van der Waals surface area contributed by atoms with Crippen LogP contribution in [0.2, 0.25) is 10.0 Å². The van der Waals surface area contributed by atoms with E-state index in [9.17, 15) is 13.6 Å². The molecule has 4 aromatic rings. The summed E-state index contributed by atoms with van der Waals surface area (Å²) in [6.07, 6.45) is -0.0387. The topological polar surface area (TPSA) is 56.2 Å². The highest BCUT2D eigenvalue weighted by Gasteiger charge is 2.36. The van der Waals surface area contributed by atoms with E-state index in [1.165, 1.54) is 0 Å². The average Bonchev–Trinajstić information content (AvgIpc) is 3.26. The number of carbonyl (C=O) groups excluding carboxylic acids is 1. The monoisotopic (exact) mass is 569 g/mol. The van der Waals surface area contributed by atoms with Crippen molar-refractivity contribution in [2.75, 3.05) is 0 Å². The zero-order chi connectivity index (χ0) is 27.6. The number of nitrogens with zero attached hydrogens (tertiary/aromatic N) is 2. The van der Waals surface area contributed by atoms with Crippen molar-refractivity contribution < 1.29 is 18.3 Å². The van der Waals surface area contributed by atoms with Gasteiger partial charge in [-0.15, -0.1) is 0 Å². The van der Waals surface area contributed by atoms with E-state index >= 15 is 0 Å². The van der Waals surface area contributed by atoms with E-state index < -0.39 is 11.8 Å². The molecule has 5 rings (SSSR count). The maximum absolute atomic E-state index is 13.6. The van der Waals surface area contributed by atoms with E-state index in [1.54, 1.807) is 22.9 Å². The molecular formula is C30H27Cl2F2N3O2. The molecule has 1 N–H and O–H groups in total. The molecule has 1 fully saturated rings. The highest BCUT2D eigenvalue weighted by molar-refractivity contribution is 6.35. The number of nitrogens with one attached hydrogen (secondary N) is 1. The van der Waals surface area contributed by atoms with E-state index in [0.29, 0.717) is 39.3 Å². The smallest absolute Gasteiger partial charge is 0.272 e. The highest BCUT2D eigenvalue weighted by Crippen LogP contribution is 2.35. The summed E-state index contributed by atoms with van der Waals surface area (Å²) in [4.78, 5) is 13.3. The van der Waals surface area contributed by atoms with Crippen LogP contribution in [0.1, 0.15) is 47.3 Å². The molecule has 0 aliphatic heterocycles. The van der Waals surface area contributed by atoms with E-state index in [0.717, 1.165) is 11.1 Å². The molecule has 1 aliphatic rings. The second-order valence-electron chi connectivity index (χ2n) is 9.73. The van der Waals surface area contributed by atoms with Crippen LogP contribution in [-0.2, 0) is 6.61 Å². The van der Waals surface area contributed by atoms with Gasteiger partial charge in [0.2, 0.25) is 5.92 Å². The van der Waals surface area contributed by atoms with Gasteiger partial charge in [0.25, 0.3) is 5.91 Å². The first kappa shape index (κ1) is 27.2. The highest BCUT2D eigenvalue weighted by atomic mass is 35.5. The Hall–Kier alpha value is -3.42. The molecule has 1 amide bonds. The summed E-state index contributed by atoms with van der Waals surface area (Å²) in [7, 11) is 0. The van der Waals surface area contributed by atoms with Crippen molar-refractivity contribution in [1.82, 2.24) is 15.1 Å². The van der Waals surface area contributed by atoms with Crippen LogP contribution < -0.4 is 10.1 Å². The Morgan fingerprint density at radius 3 is 2.41 bits per heavy atom. The lowest BCUT2D eigenvalue weighted by Gasteiger charge is -2.28. The number of hydrogen-bond acceptors (Lipinski definition) is 3. The van der Waals surface area contributed by atoms with Crippen LogP contribution in [0.4, 0.5) is 8.78 Å². The molecule has 1 aliphatic carbocycles. The molecule has 0 spiro atoms. The SMILES string of the molecule is Cc1c(C(=O)NC2CCC(F)(F)CC2)nn(-c2ccc(Cl)cc2Cl)c1-c1ccc(OCc2ccccc2)cc1. The second kappa shape index (κ2) is 11.4. The lowest BCUT2D eigenvalue weighted by atomic mass is 9.92. The minimum Gasteiger partial charge on any atom is -0.489 e. The first-order chi connectivity index (χ1) is 18.7. The van der Waals surface area contributed by atoms with Crippen molar-refractivity contribution >= 4 is 29.1 Å². The summed E-state index contributed by atoms with van der Waals surface area (Å²) in [5.74, 6) is -2.38. The average molecular weight is 570 g/mol. The van der Waals surface area contributed by atoms with Gasteiger partial charge < -0.3 is 10.1 Å². The Balaban J connectivity index is 1.45. The molecular weight excluding hydrogens is 543 g/mol. The fourth-order valence-corrected chi connectivity index (χ4v) is 5.25. The summed E-state index contributed by atoms with van der Waals surface area (Å²) in [5.41, 5.74) is 3.93. The number of carbonyl (C=O) groups is 1. The predicted octanol–water partition coefficient (Wildman–Crippen LogP) is 8.04. The maximum Gasteiger partial charge on any atom is 0.272 e. The van der Waals surface area contributed by atoms with Gasteiger partial charge in [-0.3, -0.25) is 4.79 Å². The van der Waals surface area contributed by atoms with Crippen molar-refractivity contribution in [2.24, 2.45) is 0 Å². The van der Waals surface area contributed by atoms with Gasteiger partial charge in [-0.05, 0) is 67.8 Å². The Bertz CT molecular complexity index is 1460. The second-order valence-corrected chi connectivity index (χ2v) is 10.6. The summed E-state index contributed by atoms with van der Waals surface area (Å²) >= 11 is 12.7. The van der Waals surface area contributed by atoms with Crippen LogP contribution in [0.5, 0.6) is 5.75 Å². The molecule has 0 atom stereocenters. The van der Waals surface area contributed by atoms with Gasteiger partial charge in [-0.2, -0.15) is 5.10 Å². The third-order valence-electron chi connectivity index (χ3n) is 6.90. The van der Waals surface area contributed by atoms with Gasteiger partial charge in [-0.1, -0.05) is 53.5 Å². The van der Waals surface area contributed by atoms with E-state index in [4.69, 9.17) is 27.9 Å². The fourth-order valence-electron chi connectivity index (χ4n) is 4.77. The van der Waals surface area contributed by atoms with E-state index in [1.807, 2.05) is 61.5 Å². The standard InChI is InChI=1S/C30H27Cl2F2N3O2/c1-19-27(29(38)35-23-13-15-30(33,34)16-14-23)36-37(26-12-9-22(31)17-25(26)32)28(19)21-7-10-24(11-8-21)39-18-20-5-3-2-4-6-20/h2-12,17,23H,13-16,18H2,1H3,(H,35,38). The van der Waals surface area contributed by atoms with Gasteiger partial charge >= 0.3 is 0 Å². The van der Waals surface area contributed by atoms with Crippen molar-refractivity contribution in [1.29, 1.82) is 0 Å². The number of ether oxygens (including phenoxy) is 1. The summed E-state index contributed by atoms with van der Waals surface area (Å²) in [6, 6.07) is 22.1. The Kier molecular flexibility index (Phi) is 7.91. The Labute approximate surface area is 235 Å². The van der Waals surface area contributed by atoms with Crippen molar-refractivity contribution in [3.63, 3.8) is 0 Å². The molecule has 0 saturated heterocycles. The lowest BCUT2D eigenvalue weighted by Crippen LogP contribution is -2.40. The van der Waals surface area contributed by atoms with Gasteiger partial charge in [0.05, 0.1) is 16.4 Å². The van der Waals surface area contributed by atoms with E-state index in [-0.39, 0.29) is 37.4 Å². The number of aromatic nitrogens is 2. The van der Waals surface area contributed by atoms with Crippen molar-refractivity contribution in [3.05, 3.63) is 99.7 Å². The van der Waals surface area contributed by atoms with Crippen molar-refractivity contribution in [2.45, 2.75) is 51.2 Å². The van der Waals surface area contributed by atoms with Gasteiger partial charge in [0, 0.05) is 35.0 Å². The number of hydrogen-bond donors (Lipinski definition) is 1. The normalized spacial score (nSPS) is 15.2. The molecule has 3 aromatic carbocycles. The first-order valence-corrected chi connectivity index (χ1v) is 13.5. The fraction of sp³-hybridized carbons (Fsp3) is 0.267. The predicted molar refractivity (Wildman–Crippen MR) is 149 cm³/mol. The van der Waals surface area contributed by atoms with Crippen LogP contribution in [0, 0.1) is 6.92 Å². The number of amides is 1. The third kappa shape index (κ3) is 6.26. The molecule has 0 radical (unpaired) electrons. The maximum atomic E-state index is 13.6. The molecule has 5 nitrogen and oxygen atoms in total. The number of benzene rings is 3. The summed E-state index contributed by atoms with van der Waals surface area (Å²) in [6.45, 7) is 2.25. The minimum atomic E-state index is -2.67. The zero-order valence-electron chi connectivity index (χ0n) is 21.3. The minimum absolute atomic E-state index is 0.206. The largest absolute Gasteiger partial charge is 0.489 e. The molecule has 0 bridgehead atoms. The van der Waals surface area contributed by atoms with Gasteiger partial charge in [0.1, 0.15) is 12.4 Å². The van der Waals surface area contributed by atoms with E-state index in [2.05, 4.69) is 10.4 Å². The number of alkyl halides is 2. The summed E-state index contributed by atoms with van der Waals surface area (Å²) < 4.78 is 34.8. The molecule has 39 heavy (non-hydrogen) atoms. The van der Waals surface area contributed by atoms with Gasteiger partial charge in [0.15, 0.2) is 5.69 Å². The lowest BCUT2D eigenvalue weighted by molar-refractivity contribution is -0.0399. The third-order valence-corrected chi connectivity index (χ3v) is 7.44. The molecule has 0 unspecified atom stereocenters. The molecule has 1 saturated carbocycles. The molecule has 202 valence electrons. The zero-order valence-corrected chi connectivity index (χ0v) is 22.8. The number of rotatable bonds is 7. The molecule has 9 heteroatoms. The van der Waals surface area contributed by atoms with Crippen LogP contribution in [0.3, 0.4) is 0 Å². The quantitative estimate of drug-likeness (QED) is 0.245. The Morgan fingerprint density at radius 1 is 1.05 bits per heavy atom. The van der Waals surface area contributed by atoms with Gasteiger partial charge in [-0.25, -0.2) is 13.5 Å². The van der Waals surface area contributed by atoms with Crippen LogP contribution in [-0.4, -0.2) is 27.7 Å². The first-order valence-electron chi connectivity index (χ1n) is 12.7.